The molecule has 2 aliphatic heterocycles. The van der Waals surface area contributed by atoms with Gasteiger partial charge in [-0.25, -0.2) is 4.79 Å². The number of ether oxygens (including phenoxy) is 1. The molecule has 0 bridgehead atoms. The lowest BCUT2D eigenvalue weighted by atomic mass is 10.1. The minimum atomic E-state index is -0.596. The first kappa shape index (κ1) is 15.8. The predicted octanol–water partition coefficient (Wildman–Crippen LogP) is 1.11. The van der Waals surface area contributed by atoms with Gasteiger partial charge < -0.3 is 14.7 Å². The fourth-order valence-corrected chi connectivity index (χ4v) is 3.25. The molecule has 2 aliphatic rings. The molecule has 0 saturated carbocycles. The van der Waals surface area contributed by atoms with Gasteiger partial charge in [-0.3, -0.25) is 4.57 Å². The van der Waals surface area contributed by atoms with E-state index in [0.29, 0.717) is 6.42 Å². The molecular weight excluding hydrogens is 300 g/mol. The number of azide groups is 1. The molecule has 0 radical (unpaired) electrons. The minimum absolute atomic E-state index is 0.257. The summed E-state index contributed by atoms with van der Waals surface area (Å²) in [5.74, 6) is 0.729. The van der Waals surface area contributed by atoms with E-state index in [0.717, 1.165) is 37.3 Å². The minimum Gasteiger partial charge on any atom is -0.394 e. The van der Waals surface area contributed by atoms with Crippen LogP contribution >= 0.6 is 0 Å². The molecule has 9 heteroatoms. The van der Waals surface area contributed by atoms with E-state index in [2.05, 4.69) is 19.9 Å². The van der Waals surface area contributed by atoms with E-state index in [9.17, 15) is 9.90 Å². The Morgan fingerprint density at radius 2 is 2.26 bits per heavy atom. The number of aromatic nitrogens is 2. The number of nitrogens with zero attached hydrogens (tertiary/aromatic N) is 6. The van der Waals surface area contributed by atoms with Gasteiger partial charge in [0, 0.05) is 36.2 Å². The van der Waals surface area contributed by atoms with Crippen LogP contribution in [0, 0.1) is 6.92 Å². The monoisotopic (exact) mass is 320 g/mol. The van der Waals surface area contributed by atoms with Crippen LogP contribution in [0.2, 0.25) is 0 Å². The van der Waals surface area contributed by atoms with Crippen LogP contribution in [0.1, 0.15) is 31.1 Å². The fourth-order valence-electron chi connectivity index (χ4n) is 3.25. The number of hydrogen-bond acceptors (Lipinski definition) is 6. The molecule has 0 spiro atoms. The van der Waals surface area contributed by atoms with Crippen LogP contribution in [0.4, 0.5) is 5.82 Å². The molecule has 23 heavy (non-hydrogen) atoms. The summed E-state index contributed by atoms with van der Waals surface area (Å²) in [7, 11) is 0. The maximum atomic E-state index is 12.4. The van der Waals surface area contributed by atoms with Crippen molar-refractivity contribution in [3.8, 4) is 0 Å². The Labute approximate surface area is 133 Å². The number of anilines is 1. The first-order valence-corrected chi connectivity index (χ1v) is 7.79. The Kier molecular flexibility index (Phi) is 4.51. The third-order valence-corrected chi connectivity index (χ3v) is 4.41. The van der Waals surface area contributed by atoms with Gasteiger partial charge in [0.05, 0.1) is 18.8 Å². The summed E-state index contributed by atoms with van der Waals surface area (Å²) in [6, 6.07) is -0.486. The van der Waals surface area contributed by atoms with Crippen molar-refractivity contribution in [3.63, 3.8) is 0 Å². The summed E-state index contributed by atoms with van der Waals surface area (Å²) in [5, 5.41) is 13.0. The first-order valence-electron chi connectivity index (χ1n) is 7.79. The van der Waals surface area contributed by atoms with Crippen LogP contribution in [0.5, 0.6) is 0 Å². The van der Waals surface area contributed by atoms with Crippen LogP contribution in [0.3, 0.4) is 0 Å². The van der Waals surface area contributed by atoms with Crippen molar-refractivity contribution < 1.29 is 9.84 Å². The molecule has 1 aromatic heterocycles. The number of aliphatic hydroxyl groups is 1. The molecule has 9 nitrogen and oxygen atoms in total. The summed E-state index contributed by atoms with van der Waals surface area (Å²) in [6.07, 6.45) is 3.14. The van der Waals surface area contributed by atoms with Crippen LogP contribution in [0.15, 0.2) is 16.1 Å². The van der Waals surface area contributed by atoms with Crippen LogP contribution in [0.25, 0.3) is 10.4 Å². The third kappa shape index (κ3) is 3.03. The fraction of sp³-hybridized carbons (Fsp3) is 0.714. The van der Waals surface area contributed by atoms with Gasteiger partial charge in [0.1, 0.15) is 12.0 Å². The Hall–Kier alpha value is -2.09. The van der Waals surface area contributed by atoms with E-state index < -0.39 is 18.4 Å². The lowest BCUT2D eigenvalue weighted by molar-refractivity contribution is -0.0270. The highest BCUT2D eigenvalue weighted by Gasteiger charge is 2.36. The van der Waals surface area contributed by atoms with Gasteiger partial charge in [-0.15, -0.1) is 0 Å². The zero-order valence-electron chi connectivity index (χ0n) is 13.0. The third-order valence-electron chi connectivity index (χ3n) is 4.41. The molecule has 3 atom stereocenters. The Bertz CT molecular complexity index is 678. The van der Waals surface area contributed by atoms with Gasteiger partial charge in [0.15, 0.2) is 0 Å². The number of aryl methyl sites for hydroxylation is 1. The quantitative estimate of drug-likeness (QED) is 0.507. The van der Waals surface area contributed by atoms with E-state index in [1.54, 1.807) is 6.20 Å². The smallest absolute Gasteiger partial charge is 0.351 e. The molecule has 2 fully saturated rings. The summed E-state index contributed by atoms with van der Waals surface area (Å²) < 4.78 is 7.08. The van der Waals surface area contributed by atoms with Gasteiger partial charge >= 0.3 is 5.69 Å². The molecule has 0 aliphatic carbocycles. The van der Waals surface area contributed by atoms with Crippen LogP contribution < -0.4 is 10.6 Å². The van der Waals surface area contributed by atoms with Crippen LogP contribution in [-0.2, 0) is 4.74 Å². The molecule has 2 saturated heterocycles. The Balaban J connectivity index is 1.87. The Morgan fingerprint density at radius 1 is 1.52 bits per heavy atom. The second kappa shape index (κ2) is 6.57. The highest BCUT2D eigenvalue weighted by Crippen LogP contribution is 2.30. The van der Waals surface area contributed by atoms with E-state index in [1.165, 1.54) is 4.57 Å². The van der Waals surface area contributed by atoms with Crippen molar-refractivity contribution in [2.75, 3.05) is 24.6 Å². The lowest BCUT2D eigenvalue weighted by Crippen LogP contribution is -2.31. The predicted molar refractivity (Wildman–Crippen MR) is 83.2 cm³/mol. The maximum absolute atomic E-state index is 12.4. The van der Waals surface area contributed by atoms with Crippen molar-refractivity contribution in [2.24, 2.45) is 5.11 Å². The SMILES string of the molecule is Cc1cn([C@H]2C[C@H](N=[N+]=[N-])[C@@H](CO)O2)c(=O)nc1N1CCCC1. The lowest BCUT2D eigenvalue weighted by Gasteiger charge is -2.21. The highest BCUT2D eigenvalue weighted by molar-refractivity contribution is 5.45. The van der Waals surface area contributed by atoms with Crippen molar-refractivity contribution in [1.82, 2.24) is 9.55 Å². The van der Waals surface area contributed by atoms with E-state index in [1.807, 2.05) is 6.92 Å². The van der Waals surface area contributed by atoms with Gasteiger partial charge in [-0.1, -0.05) is 5.11 Å². The van der Waals surface area contributed by atoms with Crippen molar-refractivity contribution in [1.29, 1.82) is 0 Å². The average molecular weight is 320 g/mol. The molecule has 1 N–H and O–H groups in total. The van der Waals surface area contributed by atoms with E-state index in [-0.39, 0.29) is 12.3 Å². The van der Waals surface area contributed by atoms with Gasteiger partial charge in [0.2, 0.25) is 0 Å². The molecule has 124 valence electrons. The highest BCUT2D eigenvalue weighted by atomic mass is 16.5. The molecule has 3 heterocycles. The molecular formula is C14H20N6O3. The van der Waals surface area contributed by atoms with Crippen molar-refractivity contribution >= 4 is 5.82 Å². The van der Waals surface area contributed by atoms with Gasteiger partial charge in [-0.2, -0.15) is 4.98 Å². The molecule has 3 rings (SSSR count). The average Bonchev–Trinajstić information content (AvgIpc) is 3.19. The largest absolute Gasteiger partial charge is 0.394 e. The second-order valence-corrected chi connectivity index (χ2v) is 5.95. The topological polar surface area (TPSA) is 116 Å². The molecule has 1 aromatic rings. The van der Waals surface area contributed by atoms with Gasteiger partial charge in [-0.05, 0) is 25.3 Å². The Morgan fingerprint density at radius 3 is 2.91 bits per heavy atom. The van der Waals surface area contributed by atoms with Crippen molar-refractivity contribution in [3.05, 3.63) is 32.7 Å². The van der Waals surface area contributed by atoms with E-state index in [4.69, 9.17) is 10.3 Å². The summed E-state index contributed by atoms with van der Waals surface area (Å²) >= 11 is 0. The standard InChI is InChI=1S/C14H20N6O3/c1-9-7-20(12-6-10(17-18-15)11(8-21)23-12)14(22)16-13(9)19-4-2-3-5-19/h7,10-12,21H,2-6,8H2,1H3/t10-,11+,12+/m0/s1. The van der Waals surface area contributed by atoms with Crippen LogP contribution in [-0.4, -0.2) is 46.5 Å². The molecule has 0 unspecified atom stereocenters. The zero-order valence-corrected chi connectivity index (χ0v) is 13.0. The normalized spacial score (nSPS) is 27.2. The zero-order chi connectivity index (χ0) is 16.4. The summed E-state index contributed by atoms with van der Waals surface area (Å²) in [6.45, 7) is 3.50. The number of aliphatic hydroxyl groups excluding tert-OH is 1. The first-order chi connectivity index (χ1) is 11.1. The summed E-state index contributed by atoms with van der Waals surface area (Å²) in [5.41, 5.74) is 9.11. The summed E-state index contributed by atoms with van der Waals surface area (Å²) in [4.78, 5) is 21.5. The molecule has 0 aromatic carbocycles. The number of hydrogen-bond donors (Lipinski definition) is 1. The number of rotatable bonds is 4. The van der Waals surface area contributed by atoms with Gasteiger partial charge in [0.25, 0.3) is 0 Å². The maximum Gasteiger partial charge on any atom is 0.351 e. The second-order valence-electron chi connectivity index (χ2n) is 5.95. The van der Waals surface area contributed by atoms with E-state index >= 15 is 0 Å². The van der Waals surface area contributed by atoms with Crippen molar-refractivity contribution in [2.45, 2.75) is 44.6 Å². The molecule has 0 amide bonds.